The molecule has 33 heavy (non-hydrogen) atoms. The van der Waals surface area contributed by atoms with Crippen LogP contribution >= 0.6 is 0 Å². The molecule has 6 heteroatoms. The van der Waals surface area contributed by atoms with Gasteiger partial charge in [0.05, 0.1) is 5.69 Å². The first-order valence-corrected chi connectivity index (χ1v) is 12.7. The summed E-state index contributed by atoms with van der Waals surface area (Å²) in [7, 11) is 0. The number of fused-ring (bicyclic) bond motifs is 6. The van der Waals surface area contributed by atoms with Gasteiger partial charge in [-0.05, 0) is 97.5 Å². The van der Waals surface area contributed by atoms with Gasteiger partial charge in [-0.1, -0.05) is 19.9 Å². The first-order chi connectivity index (χ1) is 15.7. The molecule has 4 aliphatic carbocycles. The Bertz CT molecular complexity index is 1020. The van der Waals surface area contributed by atoms with Gasteiger partial charge in [0.25, 0.3) is 0 Å². The van der Waals surface area contributed by atoms with Crippen molar-refractivity contribution in [2.24, 2.45) is 39.9 Å². The monoisotopic (exact) mass is 456 g/mol. The molecule has 1 aromatic rings. The fraction of sp³-hybridized carbons (Fsp3) is 0.704. The highest BCUT2D eigenvalue weighted by Crippen LogP contribution is 2.72. The van der Waals surface area contributed by atoms with Gasteiger partial charge in [0, 0.05) is 18.4 Å². The lowest BCUT2D eigenvalue weighted by atomic mass is 9.44. The van der Waals surface area contributed by atoms with Gasteiger partial charge in [-0.2, -0.15) is 0 Å². The highest BCUT2D eigenvalue weighted by atomic mass is 19.2. The maximum absolute atomic E-state index is 14.2. The van der Waals surface area contributed by atoms with Gasteiger partial charge in [-0.3, -0.25) is 9.59 Å². The molecule has 1 saturated heterocycles. The predicted octanol–water partition coefficient (Wildman–Crippen LogP) is 5.43. The summed E-state index contributed by atoms with van der Waals surface area (Å²) in [6.45, 7) is 4.69. The Kier molecular flexibility index (Phi) is 4.58. The Morgan fingerprint density at radius 3 is 2.55 bits per heavy atom. The number of carbonyl (C=O) groups is 2. The molecule has 1 aromatic carbocycles. The van der Waals surface area contributed by atoms with Gasteiger partial charge in [0.15, 0.2) is 11.6 Å². The van der Waals surface area contributed by atoms with Crippen molar-refractivity contribution in [1.82, 2.24) is 5.32 Å². The summed E-state index contributed by atoms with van der Waals surface area (Å²) in [6.07, 6.45) is 9.02. The number of hydrogen-bond donors (Lipinski definition) is 2. The smallest absolute Gasteiger partial charge is 0.228 e. The normalized spacial score (nSPS) is 42.7. The molecule has 7 atom stereocenters. The molecule has 5 aliphatic rings. The third-order valence-electron chi connectivity index (χ3n) is 10.8. The number of piperidine rings is 1. The number of nitrogens with one attached hydrogen (secondary N) is 2. The van der Waals surface area contributed by atoms with Crippen LogP contribution in [0.2, 0.25) is 0 Å². The molecular weight excluding hydrogens is 422 g/mol. The van der Waals surface area contributed by atoms with Crippen LogP contribution in [0.1, 0.15) is 71.6 Å². The number of hydrogen-bond acceptors (Lipinski definition) is 2. The number of amides is 2. The SMILES string of the molecule is C[C@]12CCC(=O)NC1C1(CC1)CC1C2CC[C@@]2(C)C1CC[C@@H]2C(=O)Nc1cccc(F)c1F. The lowest BCUT2D eigenvalue weighted by Crippen LogP contribution is -2.65. The summed E-state index contributed by atoms with van der Waals surface area (Å²) in [5.74, 6) is -0.450. The molecule has 2 N–H and O–H groups in total. The van der Waals surface area contributed by atoms with Crippen LogP contribution in [0.3, 0.4) is 0 Å². The standard InChI is InChI=1S/C27H34F2N2O2/c1-25-10-8-17-15(14-27(12-13-27)24-26(17,2)11-9-21(32)31-24)16(25)6-7-18(25)23(33)30-20-5-3-4-19(28)22(20)29/h3-5,15-18,24H,6-14H2,1-2H3,(H,30,33)(H,31,32)/t15?,16?,17?,18-,24?,25+,26-/m1/s1. The van der Waals surface area contributed by atoms with Crippen molar-refractivity contribution in [2.75, 3.05) is 5.32 Å². The minimum absolute atomic E-state index is 0.0661. The van der Waals surface area contributed by atoms with Gasteiger partial charge in [0.2, 0.25) is 11.8 Å². The van der Waals surface area contributed by atoms with Gasteiger partial charge >= 0.3 is 0 Å². The Labute approximate surface area is 194 Å². The fourth-order valence-corrected chi connectivity index (χ4v) is 9.06. The summed E-state index contributed by atoms with van der Waals surface area (Å²) < 4.78 is 27.9. The van der Waals surface area contributed by atoms with Crippen LogP contribution in [0.25, 0.3) is 0 Å². The van der Waals surface area contributed by atoms with Gasteiger partial charge in [0.1, 0.15) is 0 Å². The minimum Gasteiger partial charge on any atom is -0.352 e. The van der Waals surface area contributed by atoms with Crippen LogP contribution in [-0.4, -0.2) is 17.9 Å². The topological polar surface area (TPSA) is 58.2 Å². The first-order valence-electron chi connectivity index (χ1n) is 12.7. The van der Waals surface area contributed by atoms with E-state index in [4.69, 9.17) is 0 Å². The zero-order valence-electron chi connectivity index (χ0n) is 19.6. The van der Waals surface area contributed by atoms with E-state index in [0.29, 0.717) is 30.2 Å². The van der Waals surface area contributed by atoms with Crippen molar-refractivity contribution in [2.45, 2.75) is 77.7 Å². The summed E-state index contributed by atoms with van der Waals surface area (Å²) in [4.78, 5) is 25.6. The molecule has 178 valence electrons. The van der Waals surface area contributed by atoms with E-state index < -0.39 is 11.6 Å². The van der Waals surface area contributed by atoms with Crippen molar-refractivity contribution in [3.8, 4) is 0 Å². The van der Waals surface area contributed by atoms with E-state index in [9.17, 15) is 18.4 Å². The molecule has 5 fully saturated rings. The number of anilines is 1. The first kappa shape index (κ1) is 21.5. The van der Waals surface area contributed by atoms with Crippen LogP contribution in [0.4, 0.5) is 14.5 Å². The van der Waals surface area contributed by atoms with Crippen molar-refractivity contribution in [3.05, 3.63) is 29.8 Å². The van der Waals surface area contributed by atoms with E-state index >= 15 is 0 Å². The van der Waals surface area contributed by atoms with Gasteiger partial charge in [-0.15, -0.1) is 0 Å². The van der Waals surface area contributed by atoms with Crippen LogP contribution in [-0.2, 0) is 9.59 Å². The molecule has 0 radical (unpaired) electrons. The molecule has 4 nitrogen and oxygen atoms in total. The molecule has 1 aliphatic heterocycles. The van der Waals surface area contributed by atoms with Crippen molar-refractivity contribution in [1.29, 1.82) is 0 Å². The molecule has 1 heterocycles. The Morgan fingerprint density at radius 1 is 1.03 bits per heavy atom. The third-order valence-corrected chi connectivity index (χ3v) is 10.8. The van der Waals surface area contributed by atoms with E-state index in [1.807, 2.05) is 0 Å². The lowest BCUT2D eigenvalue weighted by Gasteiger charge is -2.62. The maximum Gasteiger partial charge on any atom is 0.228 e. The summed E-state index contributed by atoms with van der Waals surface area (Å²) in [5, 5.41) is 6.12. The van der Waals surface area contributed by atoms with Crippen LogP contribution in [0.5, 0.6) is 0 Å². The van der Waals surface area contributed by atoms with Crippen LogP contribution in [0, 0.1) is 51.6 Å². The van der Waals surface area contributed by atoms with E-state index in [0.717, 1.165) is 44.6 Å². The molecule has 6 rings (SSSR count). The molecule has 0 bridgehead atoms. The molecule has 1 spiro atoms. The van der Waals surface area contributed by atoms with Gasteiger partial charge < -0.3 is 10.6 Å². The molecular formula is C27H34F2N2O2. The molecule has 2 amide bonds. The molecule has 4 unspecified atom stereocenters. The predicted molar refractivity (Wildman–Crippen MR) is 121 cm³/mol. The van der Waals surface area contributed by atoms with E-state index in [1.165, 1.54) is 25.0 Å². The van der Waals surface area contributed by atoms with E-state index in [1.54, 1.807) is 0 Å². The largest absolute Gasteiger partial charge is 0.352 e. The summed E-state index contributed by atoms with van der Waals surface area (Å²) >= 11 is 0. The highest BCUT2D eigenvalue weighted by Gasteiger charge is 2.69. The minimum atomic E-state index is -0.990. The summed E-state index contributed by atoms with van der Waals surface area (Å²) in [6, 6.07) is 4.22. The second-order valence-corrected chi connectivity index (χ2v) is 12.2. The van der Waals surface area contributed by atoms with Crippen LogP contribution < -0.4 is 10.6 Å². The van der Waals surface area contributed by atoms with E-state index in [2.05, 4.69) is 24.5 Å². The number of rotatable bonds is 2. The molecule has 0 aromatic heterocycles. The second-order valence-electron chi connectivity index (χ2n) is 12.2. The zero-order valence-corrected chi connectivity index (χ0v) is 19.6. The van der Waals surface area contributed by atoms with Crippen molar-refractivity contribution < 1.29 is 18.4 Å². The maximum atomic E-state index is 14.2. The second kappa shape index (κ2) is 7.02. The average Bonchev–Trinajstić information content (AvgIpc) is 3.45. The Balaban J connectivity index is 1.27. The third kappa shape index (κ3) is 2.97. The number of halogens is 2. The quantitative estimate of drug-likeness (QED) is 0.623. The Hall–Kier alpha value is -1.98. The van der Waals surface area contributed by atoms with Crippen molar-refractivity contribution >= 4 is 17.5 Å². The molecule has 4 saturated carbocycles. The number of benzene rings is 1. The highest BCUT2D eigenvalue weighted by molar-refractivity contribution is 5.93. The van der Waals surface area contributed by atoms with Crippen LogP contribution in [0.15, 0.2) is 18.2 Å². The summed E-state index contributed by atoms with van der Waals surface area (Å²) in [5.41, 5.74) is 0.199. The zero-order chi connectivity index (χ0) is 23.2. The van der Waals surface area contributed by atoms with Gasteiger partial charge in [-0.25, -0.2) is 8.78 Å². The average molecular weight is 457 g/mol. The van der Waals surface area contributed by atoms with E-state index in [-0.39, 0.29) is 39.7 Å². The number of carbonyl (C=O) groups excluding carboxylic acids is 2. The van der Waals surface area contributed by atoms with Crippen molar-refractivity contribution in [3.63, 3.8) is 0 Å². The fourth-order valence-electron chi connectivity index (χ4n) is 9.06. The Morgan fingerprint density at radius 2 is 1.79 bits per heavy atom. The lowest BCUT2D eigenvalue weighted by molar-refractivity contribution is -0.149.